The topological polar surface area (TPSA) is 96.5 Å². The summed E-state index contributed by atoms with van der Waals surface area (Å²) in [5, 5.41) is 8.36. The second-order valence-electron chi connectivity index (χ2n) is 7.41. The van der Waals surface area contributed by atoms with Crippen LogP contribution in [0.25, 0.3) is 22.8 Å². The van der Waals surface area contributed by atoms with Gasteiger partial charge in [0.15, 0.2) is 21.4 Å². The summed E-state index contributed by atoms with van der Waals surface area (Å²) < 4.78 is 57.6. The number of ether oxygens (including phenoxy) is 2. The number of hydrogen-bond donors (Lipinski definition) is 0. The number of rotatable bonds is 9. The summed E-state index contributed by atoms with van der Waals surface area (Å²) in [6, 6.07) is 14.1. The first-order valence-electron chi connectivity index (χ1n) is 10.2. The molecule has 0 aliphatic rings. The molecule has 0 bridgehead atoms. The molecule has 0 aliphatic heterocycles. The van der Waals surface area contributed by atoms with Crippen molar-refractivity contribution >= 4 is 15.4 Å². The molecule has 2 heterocycles. The normalized spacial score (nSPS) is 11.4. The molecular formula is C24H22FN3O5S. The molecule has 0 fully saturated rings. The molecule has 0 spiro atoms. The first-order valence-corrected chi connectivity index (χ1v) is 12.0. The smallest absolute Gasteiger partial charge is 0.204 e. The van der Waals surface area contributed by atoms with E-state index in [1.807, 2.05) is 0 Å². The molecule has 0 saturated heterocycles. The maximum absolute atomic E-state index is 13.2. The van der Waals surface area contributed by atoms with E-state index >= 15 is 0 Å². The summed E-state index contributed by atoms with van der Waals surface area (Å²) in [6.07, 6.45) is 1.48. The number of hydrogen-bond acceptors (Lipinski definition) is 7. The molecule has 0 unspecified atom stereocenters. The Hall–Kier alpha value is -3.92. The monoisotopic (exact) mass is 483 g/mol. The molecule has 4 rings (SSSR count). The summed E-state index contributed by atoms with van der Waals surface area (Å²) in [6.45, 7) is 3.86. The number of nitrogens with zero attached hydrogens (tertiary/aromatic N) is 3. The van der Waals surface area contributed by atoms with Gasteiger partial charge in [0.05, 0.1) is 26.2 Å². The summed E-state index contributed by atoms with van der Waals surface area (Å²) in [7, 11) is -0.750. The average Bonchev–Trinajstić information content (AvgIpc) is 3.48. The zero-order valence-electron chi connectivity index (χ0n) is 18.6. The largest absolute Gasteiger partial charge is 0.494 e. The van der Waals surface area contributed by atoms with Crippen LogP contribution in [0.15, 0.2) is 71.9 Å². The van der Waals surface area contributed by atoms with Gasteiger partial charge in [-0.2, -0.15) is 0 Å². The molecule has 0 radical (unpaired) electrons. The first-order chi connectivity index (χ1) is 16.3. The molecule has 0 aliphatic carbocycles. The minimum atomic E-state index is -3.75. The molecule has 2 aromatic carbocycles. The number of methoxy groups -OCH3 is 2. The Morgan fingerprint density at radius 3 is 2.29 bits per heavy atom. The number of halogens is 1. The second-order valence-corrected chi connectivity index (χ2v) is 9.47. The van der Waals surface area contributed by atoms with Gasteiger partial charge in [0, 0.05) is 0 Å². The summed E-state index contributed by atoms with van der Waals surface area (Å²) >= 11 is 0. The zero-order chi connectivity index (χ0) is 24.3. The maximum atomic E-state index is 13.2. The van der Waals surface area contributed by atoms with Gasteiger partial charge in [-0.3, -0.25) is 4.57 Å². The van der Waals surface area contributed by atoms with E-state index in [4.69, 9.17) is 13.9 Å². The van der Waals surface area contributed by atoms with Crippen molar-refractivity contribution in [2.75, 3.05) is 20.0 Å². The van der Waals surface area contributed by atoms with Gasteiger partial charge < -0.3 is 13.9 Å². The Morgan fingerprint density at radius 1 is 1.03 bits per heavy atom. The molecule has 34 heavy (non-hydrogen) atoms. The molecule has 2 aromatic heterocycles. The minimum Gasteiger partial charge on any atom is -0.494 e. The summed E-state index contributed by atoms with van der Waals surface area (Å²) in [5.74, 6) is 0.481. The highest BCUT2D eigenvalue weighted by molar-refractivity contribution is 7.91. The van der Waals surface area contributed by atoms with Crippen LogP contribution in [0.1, 0.15) is 11.4 Å². The number of para-hydroxylation sites is 1. The Bertz CT molecular complexity index is 1390. The lowest BCUT2D eigenvalue weighted by Crippen LogP contribution is -2.15. The van der Waals surface area contributed by atoms with Gasteiger partial charge in [-0.15, -0.1) is 10.2 Å². The van der Waals surface area contributed by atoms with Crippen molar-refractivity contribution < 1.29 is 26.7 Å². The first kappa shape index (κ1) is 23.2. The van der Waals surface area contributed by atoms with Gasteiger partial charge in [-0.1, -0.05) is 24.8 Å². The highest BCUT2D eigenvalue weighted by Crippen LogP contribution is 2.36. The van der Waals surface area contributed by atoms with Gasteiger partial charge in [0.25, 0.3) is 0 Å². The van der Waals surface area contributed by atoms with Crippen molar-refractivity contribution in [1.29, 1.82) is 0 Å². The highest BCUT2D eigenvalue weighted by Gasteiger charge is 2.27. The predicted octanol–water partition coefficient (Wildman–Crippen LogP) is 4.31. The van der Waals surface area contributed by atoms with E-state index < -0.39 is 21.4 Å². The highest BCUT2D eigenvalue weighted by atomic mass is 32.2. The van der Waals surface area contributed by atoms with E-state index in [2.05, 4.69) is 16.8 Å². The van der Waals surface area contributed by atoms with Crippen LogP contribution in [0.2, 0.25) is 0 Å². The lowest BCUT2D eigenvalue weighted by molar-refractivity contribution is 0.390. The minimum absolute atomic E-state index is 0.140. The third-order valence-electron chi connectivity index (χ3n) is 5.09. The molecule has 0 atom stereocenters. The average molecular weight is 484 g/mol. The molecule has 4 aromatic rings. The van der Waals surface area contributed by atoms with Crippen LogP contribution < -0.4 is 9.47 Å². The summed E-state index contributed by atoms with van der Waals surface area (Å²) in [5.41, 5.74) is 1.31. The van der Waals surface area contributed by atoms with E-state index in [0.29, 0.717) is 34.1 Å². The van der Waals surface area contributed by atoms with E-state index in [0.717, 1.165) is 0 Å². The van der Waals surface area contributed by atoms with Gasteiger partial charge in [0.1, 0.15) is 28.8 Å². The third-order valence-corrected chi connectivity index (χ3v) is 6.58. The molecular weight excluding hydrogens is 461 g/mol. The Balaban J connectivity index is 1.76. The van der Waals surface area contributed by atoms with Crippen molar-refractivity contribution in [3.8, 4) is 28.8 Å². The SMILES string of the molecule is C=C(CS(=O)(=O)Cc1nnc(-c2ccco2)n1-c1c(OC)cccc1OC)c1ccc(F)cc1. The zero-order valence-corrected chi connectivity index (χ0v) is 19.4. The standard InChI is InChI=1S/C24H22FN3O5S/c1-16(17-9-11-18(25)12-10-17)14-34(29,30)15-22-26-27-24(21-8-5-13-33-21)28(22)23-19(31-2)6-4-7-20(23)32-3/h4-13H,1,14-15H2,2-3H3. The van der Waals surface area contributed by atoms with E-state index in [9.17, 15) is 12.8 Å². The Morgan fingerprint density at radius 2 is 1.71 bits per heavy atom. The van der Waals surface area contributed by atoms with Gasteiger partial charge in [0.2, 0.25) is 5.82 Å². The van der Waals surface area contributed by atoms with E-state index in [1.54, 1.807) is 34.9 Å². The van der Waals surface area contributed by atoms with Crippen LogP contribution >= 0.6 is 0 Å². The van der Waals surface area contributed by atoms with Crippen molar-refractivity contribution in [2.24, 2.45) is 0 Å². The quantitative estimate of drug-likeness (QED) is 0.350. The molecule has 8 nitrogen and oxygen atoms in total. The third kappa shape index (κ3) is 4.72. The van der Waals surface area contributed by atoms with Crippen molar-refractivity contribution in [3.63, 3.8) is 0 Å². The number of benzene rings is 2. The van der Waals surface area contributed by atoms with Crippen molar-refractivity contribution in [1.82, 2.24) is 14.8 Å². The van der Waals surface area contributed by atoms with Crippen LogP contribution in [-0.4, -0.2) is 43.2 Å². The predicted molar refractivity (Wildman–Crippen MR) is 125 cm³/mol. The molecule has 0 N–H and O–H groups in total. The Labute approximate surface area is 196 Å². The van der Waals surface area contributed by atoms with Crippen LogP contribution in [0.4, 0.5) is 4.39 Å². The Kier molecular flexibility index (Phi) is 6.51. The van der Waals surface area contributed by atoms with Crippen molar-refractivity contribution in [2.45, 2.75) is 5.75 Å². The van der Waals surface area contributed by atoms with Crippen LogP contribution in [-0.2, 0) is 15.6 Å². The maximum Gasteiger partial charge on any atom is 0.204 e. The molecule has 10 heteroatoms. The van der Waals surface area contributed by atoms with Crippen LogP contribution in [0, 0.1) is 5.82 Å². The molecule has 0 saturated carbocycles. The number of sulfone groups is 1. The van der Waals surface area contributed by atoms with Gasteiger partial charge >= 0.3 is 0 Å². The van der Waals surface area contributed by atoms with Crippen LogP contribution in [0.5, 0.6) is 11.5 Å². The van der Waals surface area contributed by atoms with Crippen molar-refractivity contribution in [3.05, 3.63) is 84.6 Å². The van der Waals surface area contributed by atoms with E-state index in [-0.39, 0.29) is 17.4 Å². The molecule has 176 valence electrons. The fourth-order valence-corrected chi connectivity index (χ4v) is 4.92. The fourth-order valence-electron chi connectivity index (χ4n) is 3.54. The fraction of sp³-hybridized carbons (Fsp3) is 0.167. The number of furan rings is 1. The molecule has 0 amide bonds. The van der Waals surface area contributed by atoms with Gasteiger partial charge in [-0.05, 0) is 47.5 Å². The second kappa shape index (κ2) is 9.52. The van der Waals surface area contributed by atoms with Gasteiger partial charge in [-0.25, -0.2) is 12.8 Å². The summed E-state index contributed by atoms with van der Waals surface area (Å²) in [4.78, 5) is 0. The lowest BCUT2D eigenvalue weighted by atomic mass is 10.1. The lowest BCUT2D eigenvalue weighted by Gasteiger charge is -2.17. The van der Waals surface area contributed by atoms with E-state index in [1.165, 1.54) is 44.7 Å². The van der Waals surface area contributed by atoms with Crippen LogP contribution in [0.3, 0.4) is 0 Å². The number of aromatic nitrogens is 3.